The summed E-state index contributed by atoms with van der Waals surface area (Å²) in [4.78, 5) is 27.7. The first-order valence-corrected chi connectivity index (χ1v) is 8.65. The van der Waals surface area contributed by atoms with E-state index in [-0.39, 0.29) is 11.8 Å². The van der Waals surface area contributed by atoms with Crippen LogP contribution < -0.4 is 4.90 Å². The molecule has 1 fully saturated rings. The third-order valence-corrected chi connectivity index (χ3v) is 4.80. The Kier molecular flexibility index (Phi) is 6.31. The summed E-state index contributed by atoms with van der Waals surface area (Å²) < 4.78 is 0. The third-order valence-electron chi connectivity index (χ3n) is 4.27. The normalized spacial score (nSPS) is 15.6. The lowest BCUT2D eigenvalue weighted by Crippen LogP contribution is -2.40. The lowest BCUT2D eigenvalue weighted by Gasteiger charge is -2.31. The highest BCUT2D eigenvalue weighted by Gasteiger charge is 2.22. The van der Waals surface area contributed by atoms with Gasteiger partial charge in [-0.1, -0.05) is 30.1 Å². The fraction of sp³-hybridized carbons (Fsp3) is 0.529. The first-order valence-electron chi connectivity index (χ1n) is 7.89. The van der Waals surface area contributed by atoms with Crippen molar-refractivity contribution >= 4 is 40.7 Å². The number of nitrogens with zero attached hydrogens (tertiary/aromatic N) is 2. The van der Waals surface area contributed by atoms with Crippen molar-refractivity contribution in [1.29, 1.82) is 0 Å². The molecule has 2 amide bonds. The quantitative estimate of drug-likeness (QED) is 0.817. The van der Waals surface area contributed by atoms with Crippen LogP contribution in [0.4, 0.5) is 5.69 Å². The number of anilines is 1. The van der Waals surface area contributed by atoms with Crippen molar-refractivity contribution in [2.45, 2.75) is 33.1 Å². The molecule has 1 aromatic rings. The molecule has 1 saturated heterocycles. The largest absolute Gasteiger partial charge is 0.343 e. The Balaban J connectivity index is 2.00. The Bertz CT molecular complexity index is 584. The van der Waals surface area contributed by atoms with E-state index in [2.05, 4.69) is 6.92 Å². The van der Waals surface area contributed by atoms with Crippen LogP contribution in [-0.2, 0) is 9.59 Å². The van der Waals surface area contributed by atoms with Crippen LogP contribution in [0.25, 0.3) is 0 Å². The van der Waals surface area contributed by atoms with Gasteiger partial charge in [-0.05, 0) is 37.0 Å². The van der Waals surface area contributed by atoms with Crippen LogP contribution >= 0.6 is 23.2 Å². The van der Waals surface area contributed by atoms with Crippen LogP contribution in [0, 0.1) is 5.92 Å². The van der Waals surface area contributed by atoms with Crippen molar-refractivity contribution in [3.05, 3.63) is 28.2 Å². The maximum atomic E-state index is 12.3. The highest BCUT2D eigenvalue weighted by molar-refractivity contribution is 6.36. The summed E-state index contributed by atoms with van der Waals surface area (Å²) in [6.45, 7) is 5.62. The van der Waals surface area contributed by atoms with Gasteiger partial charge in [0.05, 0.1) is 10.7 Å². The molecule has 4 nitrogen and oxygen atoms in total. The predicted octanol–water partition coefficient (Wildman–Crippen LogP) is 3.99. The van der Waals surface area contributed by atoms with Gasteiger partial charge < -0.3 is 9.80 Å². The second kappa shape index (κ2) is 8.02. The van der Waals surface area contributed by atoms with E-state index in [1.807, 2.05) is 4.90 Å². The van der Waals surface area contributed by atoms with Gasteiger partial charge in [0.25, 0.3) is 0 Å². The summed E-state index contributed by atoms with van der Waals surface area (Å²) in [6.07, 6.45) is 2.39. The van der Waals surface area contributed by atoms with Gasteiger partial charge >= 0.3 is 0 Å². The molecule has 0 N–H and O–H groups in total. The molecule has 0 aliphatic carbocycles. The van der Waals surface area contributed by atoms with Gasteiger partial charge in [0.1, 0.15) is 0 Å². The van der Waals surface area contributed by atoms with E-state index in [1.54, 1.807) is 18.2 Å². The maximum absolute atomic E-state index is 12.3. The molecule has 0 saturated carbocycles. The van der Waals surface area contributed by atoms with Gasteiger partial charge in [-0.15, -0.1) is 0 Å². The predicted molar refractivity (Wildman–Crippen MR) is 94.1 cm³/mol. The molecule has 23 heavy (non-hydrogen) atoms. The minimum Gasteiger partial charge on any atom is -0.343 e. The molecule has 2 rings (SSSR count). The maximum Gasteiger partial charge on any atom is 0.224 e. The van der Waals surface area contributed by atoms with E-state index in [4.69, 9.17) is 23.2 Å². The highest BCUT2D eigenvalue weighted by atomic mass is 35.5. The molecule has 1 aliphatic heterocycles. The van der Waals surface area contributed by atoms with Crippen LogP contribution in [0.1, 0.15) is 33.1 Å². The van der Waals surface area contributed by atoms with Crippen molar-refractivity contribution in [3.8, 4) is 0 Å². The standard InChI is InChI=1S/C17H22Cl2N2O2/c1-12-5-8-20(9-6-12)17(23)7-10-21(13(2)22)16-4-3-14(18)11-15(16)19/h3-4,11-12H,5-10H2,1-2H3. The van der Waals surface area contributed by atoms with Gasteiger partial charge in [0.2, 0.25) is 11.8 Å². The third kappa shape index (κ3) is 4.85. The monoisotopic (exact) mass is 356 g/mol. The van der Waals surface area contributed by atoms with Crippen LogP contribution in [-0.4, -0.2) is 36.3 Å². The van der Waals surface area contributed by atoms with Gasteiger partial charge in [0, 0.05) is 38.0 Å². The number of benzene rings is 1. The van der Waals surface area contributed by atoms with E-state index in [0.717, 1.165) is 25.9 Å². The average molecular weight is 357 g/mol. The lowest BCUT2D eigenvalue weighted by atomic mass is 9.99. The van der Waals surface area contributed by atoms with Crippen LogP contribution in [0.5, 0.6) is 0 Å². The van der Waals surface area contributed by atoms with Crippen molar-refractivity contribution in [2.75, 3.05) is 24.5 Å². The molecule has 126 valence electrons. The van der Waals surface area contributed by atoms with E-state index in [9.17, 15) is 9.59 Å². The minimum atomic E-state index is -0.144. The van der Waals surface area contributed by atoms with Crippen molar-refractivity contribution in [1.82, 2.24) is 4.90 Å². The van der Waals surface area contributed by atoms with Crippen molar-refractivity contribution in [3.63, 3.8) is 0 Å². The number of hydrogen-bond donors (Lipinski definition) is 0. The summed E-state index contributed by atoms with van der Waals surface area (Å²) in [7, 11) is 0. The summed E-state index contributed by atoms with van der Waals surface area (Å²) in [5, 5.41) is 0.924. The zero-order valence-corrected chi connectivity index (χ0v) is 15.0. The van der Waals surface area contributed by atoms with Gasteiger partial charge in [-0.3, -0.25) is 9.59 Å². The number of carbonyl (C=O) groups excluding carboxylic acids is 2. The molecule has 0 unspecified atom stereocenters. The molecule has 0 radical (unpaired) electrons. The summed E-state index contributed by atoms with van der Waals surface area (Å²) in [5.74, 6) is 0.628. The number of piperidine rings is 1. The van der Waals surface area contributed by atoms with Gasteiger partial charge in [-0.25, -0.2) is 0 Å². The molecule has 0 atom stereocenters. The van der Waals surface area contributed by atoms with E-state index >= 15 is 0 Å². The smallest absolute Gasteiger partial charge is 0.224 e. The SMILES string of the molecule is CC(=O)N(CCC(=O)N1CCC(C)CC1)c1ccc(Cl)cc1Cl. The Morgan fingerprint density at radius 3 is 2.48 bits per heavy atom. The minimum absolute atomic E-state index is 0.0910. The summed E-state index contributed by atoms with van der Waals surface area (Å²) in [5.41, 5.74) is 0.587. The first-order chi connectivity index (χ1) is 10.9. The fourth-order valence-corrected chi connectivity index (χ4v) is 3.28. The summed E-state index contributed by atoms with van der Waals surface area (Å²) in [6, 6.07) is 4.99. The molecule has 6 heteroatoms. The zero-order valence-electron chi connectivity index (χ0n) is 13.5. The number of halogens is 2. The lowest BCUT2D eigenvalue weighted by molar-refractivity contribution is -0.132. The molecule has 0 aromatic heterocycles. The fourth-order valence-electron chi connectivity index (χ4n) is 2.77. The van der Waals surface area contributed by atoms with E-state index in [0.29, 0.717) is 34.6 Å². The van der Waals surface area contributed by atoms with Crippen molar-refractivity contribution in [2.24, 2.45) is 5.92 Å². The zero-order chi connectivity index (χ0) is 17.0. The van der Waals surface area contributed by atoms with E-state index < -0.39 is 0 Å². The Labute approximate surface area is 147 Å². The topological polar surface area (TPSA) is 40.6 Å². The van der Waals surface area contributed by atoms with Gasteiger partial charge in [0.15, 0.2) is 0 Å². The molecular weight excluding hydrogens is 335 g/mol. The second-order valence-corrected chi connectivity index (χ2v) is 6.92. The molecule has 1 aliphatic rings. The number of hydrogen-bond acceptors (Lipinski definition) is 2. The van der Waals surface area contributed by atoms with E-state index in [1.165, 1.54) is 11.8 Å². The average Bonchev–Trinajstić information content (AvgIpc) is 2.49. The first kappa shape index (κ1) is 18.1. The number of rotatable bonds is 4. The Hall–Kier alpha value is -1.26. The summed E-state index contributed by atoms with van der Waals surface area (Å²) >= 11 is 12.1. The number of amides is 2. The molecular formula is C17H22Cl2N2O2. The number of carbonyl (C=O) groups is 2. The Morgan fingerprint density at radius 2 is 1.91 bits per heavy atom. The second-order valence-electron chi connectivity index (χ2n) is 6.08. The van der Waals surface area contributed by atoms with Crippen LogP contribution in [0.3, 0.4) is 0 Å². The number of likely N-dealkylation sites (tertiary alicyclic amines) is 1. The molecule has 1 aromatic carbocycles. The van der Waals surface area contributed by atoms with Gasteiger partial charge in [-0.2, -0.15) is 0 Å². The van der Waals surface area contributed by atoms with Crippen molar-refractivity contribution < 1.29 is 9.59 Å². The highest BCUT2D eigenvalue weighted by Crippen LogP contribution is 2.29. The Morgan fingerprint density at radius 1 is 1.26 bits per heavy atom. The molecule has 1 heterocycles. The molecule has 0 spiro atoms. The van der Waals surface area contributed by atoms with Crippen LogP contribution in [0.2, 0.25) is 10.0 Å². The molecule has 0 bridgehead atoms. The van der Waals surface area contributed by atoms with Crippen LogP contribution in [0.15, 0.2) is 18.2 Å².